The molecular formula is C43H56ClNO10. The fourth-order valence-corrected chi connectivity index (χ4v) is 5.41. The number of aliphatic hydroxyl groups excluding tert-OH is 1. The molecule has 0 aromatic heterocycles. The predicted octanol–water partition coefficient (Wildman–Crippen LogP) is 10.1. The van der Waals surface area contributed by atoms with Gasteiger partial charge < -0.3 is 33.7 Å². The molecule has 2 unspecified atom stereocenters. The number of hydrogen-bond acceptors (Lipinski definition) is 10. The molecule has 12 heteroatoms. The average molecular weight is 782 g/mol. The molecule has 3 aromatic rings. The van der Waals surface area contributed by atoms with Gasteiger partial charge in [-0.05, 0) is 104 Å². The molecule has 0 bridgehead atoms. The van der Waals surface area contributed by atoms with Crippen LogP contribution < -0.4 is 18.9 Å². The minimum absolute atomic E-state index is 0.222. The summed E-state index contributed by atoms with van der Waals surface area (Å²) in [6, 6.07) is 19.1. The Balaban J connectivity index is 0.000000450. The van der Waals surface area contributed by atoms with Crippen LogP contribution in [-0.4, -0.2) is 50.4 Å². The van der Waals surface area contributed by atoms with Gasteiger partial charge in [-0.1, -0.05) is 86.9 Å². The smallest absolute Gasteiger partial charge is 0.336 e. The maximum Gasteiger partial charge on any atom is 0.336 e. The maximum atomic E-state index is 11.9. The van der Waals surface area contributed by atoms with Crippen molar-refractivity contribution >= 4 is 29.9 Å². The Kier molecular flexibility index (Phi) is 26.3. The third-order valence-electron chi connectivity index (χ3n) is 8.03. The minimum atomic E-state index is -0.884. The fourth-order valence-electron chi connectivity index (χ4n) is 5.23. The van der Waals surface area contributed by atoms with Crippen molar-refractivity contribution in [2.45, 2.75) is 71.8 Å². The van der Waals surface area contributed by atoms with Crippen molar-refractivity contribution in [3.63, 3.8) is 0 Å². The predicted molar refractivity (Wildman–Crippen MR) is 217 cm³/mol. The van der Waals surface area contributed by atoms with Crippen LogP contribution in [0, 0.1) is 22.0 Å². The number of unbranched alkanes of at least 4 members (excludes halogenated alkanes) is 2. The van der Waals surface area contributed by atoms with E-state index in [-0.39, 0.29) is 12.4 Å². The number of benzene rings is 3. The molecular weight excluding hydrogens is 726 g/mol. The number of nitrogens with zero attached hydrogens (tertiary/aromatic N) is 1. The van der Waals surface area contributed by atoms with Crippen LogP contribution in [0.2, 0.25) is 5.02 Å². The number of allylic oxidation sites excluding steroid dienone is 3. The Labute approximate surface area is 330 Å². The molecule has 1 aliphatic carbocycles. The highest BCUT2D eigenvalue weighted by Gasteiger charge is 2.20. The number of aliphatic hydroxyl groups is 1. The van der Waals surface area contributed by atoms with Crippen LogP contribution >= 0.6 is 11.6 Å². The van der Waals surface area contributed by atoms with E-state index in [0.717, 1.165) is 73.9 Å². The molecule has 1 fully saturated rings. The maximum absolute atomic E-state index is 11.9. The summed E-state index contributed by atoms with van der Waals surface area (Å²) in [7, 11) is 4.06. The number of carbonyl (C=O) groups is 2. The molecule has 0 radical (unpaired) electrons. The van der Waals surface area contributed by atoms with E-state index < -0.39 is 11.1 Å². The number of aldehydes is 1. The number of ether oxygens (including phenoxy) is 4. The second kappa shape index (κ2) is 30.2. The molecule has 1 N–H and O–H groups in total. The molecule has 2 atom stereocenters. The van der Waals surface area contributed by atoms with Gasteiger partial charge in [0.25, 0.3) is 5.09 Å². The van der Waals surface area contributed by atoms with E-state index in [1.807, 2.05) is 24.3 Å². The number of halogens is 1. The Morgan fingerprint density at radius 3 is 2.33 bits per heavy atom. The van der Waals surface area contributed by atoms with Crippen LogP contribution in [0.15, 0.2) is 97.1 Å². The second-order valence-electron chi connectivity index (χ2n) is 12.1. The third-order valence-corrected chi connectivity index (χ3v) is 8.26. The summed E-state index contributed by atoms with van der Waals surface area (Å²) in [5.41, 5.74) is 1.24. The topological polar surface area (TPSA) is 144 Å². The molecule has 3 aromatic carbocycles. The van der Waals surface area contributed by atoms with Crippen LogP contribution in [0.1, 0.15) is 76.3 Å². The molecule has 0 amide bonds. The Morgan fingerprint density at radius 1 is 0.927 bits per heavy atom. The quantitative estimate of drug-likeness (QED) is 0.0194. The summed E-state index contributed by atoms with van der Waals surface area (Å²) >= 11 is 5.89. The van der Waals surface area contributed by atoms with Crippen molar-refractivity contribution in [2.75, 3.05) is 27.9 Å². The van der Waals surface area contributed by atoms with Crippen molar-refractivity contribution in [3.8, 4) is 23.0 Å². The van der Waals surface area contributed by atoms with Gasteiger partial charge in [-0.15, -0.1) is 10.1 Å². The van der Waals surface area contributed by atoms with Crippen molar-refractivity contribution in [1.82, 2.24) is 0 Å². The summed E-state index contributed by atoms with van der Waals surface area (Å²) in [6.45, 7) is 4.96. The first-order chi connectivity index (χ1) is 26.7. The van der Waals surface area contributed by atoms with Crippen molar-refractivity contribution in [2.24, 2.45) is 11.8 Å². The summed E-state index contributed by atoms with van der Waals surface area (Å²) in [5, 5.41) is 17.1. The largest absolute Gasteiger partial charge is 0.493 e. The van der Waals surface area contributed by atoms with Gasteiger partial charge in [0.2, 0.25) is 0 Å². The first-order valence-electron chi connectivity index (χ1n) is 18.3. The highest BCUT2D eigenvalue weighted by molar-refractivity contribution is 6.30. The highest BCUT2D eigenvalue weighted by atomic mass is 35.5. The number of esters is 1. The van der Waals surface area contributed by atoms with Crippen molar-refractivity contribution in [1.29, 1.82) is 0 Å². The van der Waals surface area contributed by atoms with E-state index >= 15 is 0 Å². The molecule has 4 rings (SSSR count). The van der Waals surface area contributed by atoms with Crippen molar-refractivity contribution < 1.29 is 43.6 Å². The zero-order valence-electron chi connectivity index (χ0n) is 32.6. The number of methoxy groups -OCH3 is 2. The zero-order chi connectivity index (χ0) is 40.7. The first-order valence-corrected chi connectivity index (χ1v) is 18.6. The molecule has 0 saturated heterocycles. The Hall–Kier alpha value is -5.13. The minimum Gasteiger partial charge on any atom is -0.493 e. The zero-order valence-corrected chi connectivity index (χ0v) is 33.3. The van der Waals surface area contributed by atoms with E-state index in [4.69, 9.17) is 35.7 Å². The van der Waals surface area contributed by atoms with Gasteiger partial charge in [-0.2, -0.15) is 0 Å². The van der Waals surface area contributed by atoms with Gasteiger partial charge in [0.1, 0.15) is 24.4 Å². The van der Waals surface area contributed by atoms with Gasteiger partial charge in [-0.25, -0.2) is 4.79 Å². The molecule has 0 heterocycles. The van der Waals surface area contributed by atoms with Crippen LogP contribution in [0.4, 0.5) is 0 Å². The average Bonchev–Trinajstić information content (AvgIpc) is 3.61. The fraction of sp³-hybridized carbons (Fsp3) is 0.395. The van der Waals surface area contributed by atoms with Crippen molar-refractivity contribution in [3.05, 3.63) is 123 Å². The van der Waals surface area contributed by atoms with Crippen LogP contribution in [0.5, 0.6) is 23.0 Å². The van der Waals surface area contributed by atoms with E-state index in [0.29, 0.717) is 23.5 Å². The molecule has 55 heavy (non-hydrogen) atoms. The summed E-state index contributed by atoms with van der Waals surface area (Å²) < 4.78 is 21.2. The van der Waals surface area contributed by atoms with Crippen LogP contribution in [-0.2, 0) is 21.0 Å². The van der Waals surface area contributed by atoms with Gasteiger partial charge in [-0.3, -0.25) is 0 Å². The molecule has 0 aliphatic heterocycles. The van der Waals surface area contributed by atoms with Crippen LogP contribution in [0.3, 0.4) is 0 Å². The number of carbonyl (C=O) groups excluding carboxylic acids is 2. The molecule has 300 valence electrons. The normalized spacial score (nSPS) is 14.5. The number of hydrogen-bond donors (Lipinski definition) is 1. The molecule has 11 nitrogen and oxygen atoms in total. The first kappa shape index (κ1) is 47.9. The molecule has 0 spiro atoms. The Bertz CT molecular complexity index is 1620. The van der Waals surface area contributed by atoms with E-state index in [9.17, 15) is 19.7 Å². The molecule has 1 aliphatic rings. The van der Waals surface area contributed by atoms with E-state index in [1.165, 1.54) is 45.6 Å². The summed E-state index contributed by atoms with van der Waals surface area (Å²) in [6.07, 6.45) is 21.6. The third kappa shape index (κ3) is 22.0. The Morgan fingerprint density at radius 2 is 1.67 bits per heavy atom. The highest BCUT2D eigenvalue weighted by Crippen LogP contribution is 2.32. The lowest BCUT2D eigenvalue weighted by molar-refractivity contribution is -0.763. The SMILES string of the molecule is CC/C=C\CCCC=O.CC1CCCC1/C=C/CCOc1cccc(Cl)c1.CO.COc1ccc(/C=C/C(=O)Oc2cccc(CO[N+](=O)[O-])c2)cc1OC. The van der Waals surface area contributed by atoms with Gasteiger partial charge in [0.05, 0.1) is 20.8 Å². The number of rotatable bonds is 18. The summed E-state index contributed by atoms with van der Waals surface area (Å²) in [4.78, 5) is 36.2. The van der Waals surface area contributed by atoms with E-state index in [1.54, 1.807) is 42.5 Å². The monoisotopic (exact) mass is 781 g/mol. The lowest BCUT2D eigenvalue weighted by atomic mass is 9.97. The summed E-state index contributed by atoms with van der Waals surface area (Å²) in [5.74, 6) is 3.29. The van der Waals surface area contributed by atoms with Gasteiger partial charge >= 0.3 is 5.97 Å². The lowest BCUT2D eigenvalue weighted by Crippen LogP contribution is -2.05. The van der Waals surface area contributed by atoms with Crippen LogP contribution in [0.25, 0.3) is 6.08 Å². The van der Waals surface area contributed by atoms with E-state index in [2.05, 4.69) is 43.0 Å². The lowest BCUT2D eigenvalue weighted by Gasteiger charge is -2.09. The van der Waals surface area contributed by atoms with Gasteiger partial charge in [0, 0.05) is 24.6 Å². The second-order valence-corrected chi connectivity index (χ2v) is 12.5. The molecule has 1 saturated carbocycles. The standard InChI is InChI=1S/C18H17NO7.C16H21ClO.C8H14O.CH4O/c1-23-16-8-6-13(11-17(16)24-2)7-9-18(20)26-15-5-3-4-14(10-15)12-25-19(21)22;1-13-6-4-8-14(13)7-2-3-11-18-16-10-5-9-15(17)12-16;1-2-3-4-5-6-7-8-9;1-2/h3-11H,12H2,1-2H3;2,5,7,9-10,12-14H,3-4,6,8,11H2,1H3;3-4,8H,2,5-7H2,1H3;2H,1H3/b9-7+;7-2+;4-3-;. The van der Waals surface area contributed by atoms with Gasteiger partial charge in [0.15, 0.2) is 11.5 Å².